The number of nitrogens with one attached hydrogen (secondary N) is 1. The number of amides is 2. The number of carbonyl (C=O) groups excluding carboxylic acids is 2. The molecule has 0 saturated carbocycles. The second-order valence-corrected chi connectivity index (χ2v) is 4.44. The van der Waals surface area contributed by atoms with Crippen molar-refractivity contribution >= 4 is 12.0 Å². The molecule has 4 nitrogen and oxygen atoms in total. The van der Waals surface area contributed by atoms with Crippen LogP contribution in [-0.2, 0) is 9.53 Å². The molecule has 1 atom stereocenters. The number of imide groups is 1. The Kier molecular flexibility index (Phi) is 8.11. The normalized spacial score (nSPS) is 11.5. The van der Waals surface area contributed by atoms with E-state index in [1.807, 2.05) is 6.92 Å². The summed E-state index contributed by atoms with van der Waals surface area (Å²) in [5.74, 6) is -0.00632. The monoisotopic (exact) mass is 241 g/mol. The van der Waals surface area contributed by atoms with Crippen LogP contribution in [0.15, 0.2) is 11.6 Å². The van der Waals surface area contributed by atoms with Gasteiger partial charge in [-0.15, -0.1) is 0 Å². The van der Waals surface area contributed by atoms with Crippen molar-refractivity contribution in [2.45, 2.75) is 47.0 Å². The highest BCUT2D eigenvalue weighted by Crippen LogP contribution is 2.11. The molecule has 0 bridgehead atoms. The highest BCUT2D eigenvalue weighted by Gasteiger charge is 2.11. The molecular formula is C13H23NO3. The topological polar surface area (TPSA) is 55.4 Å². The van der Waals surface area contributed by atoms with Gasteiger partial charge in [-0.25, -0.2) is 4.79 Å². The zero-order valence-corrected chi connectivity index (χ0v) is 11.2. The Hall–Kier alpha value is -1.32. The van der Waals surface area contributed by atoms with Crippen LogP contribution in [0.4, 0.5) is 4.79 Å². The van der Waals surface area contributed by atoms with Crippen LogP contribution in [0.25, 0.3) is 0 Å². The van der Waals surface area contributed by atoms with E-state index in [1.54, 1.807) is 6.92 Å². The van der Waals surface area contributed by atoms with Crippen molar-refractivity contribution in [3.8, 4) is 0 Å². The van der Waals surface area contributed by atoms with Gasteiger partial charge in [-0.3, -0.25) is 10.1 Å². The van der Waals surface area contributed by atoms with Gasteiger partial charge >= 0.3 is 6.09 Å². The number of alkyl carbamates (subject to hydrolysis) is 1. The lowest BCUT2D eigenvalue weighted by Gasteiger charge is -2.09. The number of allylic oxidation sites excluding steroid dienone is 2. The molecule has 1 N–H and O–H groups in total. The SMILES string of the molecule is CCOC(=O)NC(=O)CC(C)CCC=C(C)C. The maximum absolute atomic E-state index is 11.4. The third-order valence-electron chi connectivity index (χ3n) is 2.26. The van der Waals surface area contributed by atoms with Crippen LogP contribution in [0.5, 0.6) is 0 Å². The number of hydrogen-bond donors (Lipinski definition) is 1. The van der Waals surface area contributed by atoms with Gasteiger partial charge in [0, 0.05) is 6.42 Å². The number of ether oxygens (including phenoxy) is 1. The van der Waals surface area contributed by atoms with Crippen LogP contribution >= 0.6 is 0 Å². The molecule has 0 aliphatic heterocycles. The Labute approximate surface area is 103 Å². The van der Waals surface area contributed by atoms with Gasteiger partial charge in [0.2, 0.25) is 5.91 Å². The lowest BCUT2D eigenvalue weighted by molar-refractivity contribution is -0.121. The fraction of sp³-hybridized carbons (Fsp3) is 0.692. The Balaban J connectivity index is 3.80. The van der Waals surface area contributed by atoms with Gasteiger partial charge < -0.3 is 4.74 Å². The first-order valence-electron chi connectivity index (χ1n) is 6.05. The molecule has 0 fully saturated rings. The van der Waals surface area contributed by atoms with Crippen molar-refractivity contribution < 1.29 is 14.3 Å². The highest BCUT2D eigenvalue weighted by atomic mass is 16.5. The van der Waals surface area contributed by atoms with Gasteiger partial charge in [0.1, 0.15) is 0 Å². The molecule has 0 spiro atoms. The minimum absolute atomic E-state index is 0.264. The average Bonchev–Trinajstić information content (AvgIpc) is 2.16. The van der Waals surface area contributed by atoms with Gasteiger partial charge in [-0.05, 0) is 39.5 Å². The maximum atomic E-state index is 11.4. The van der Waals surface area contributed by atoms with Crippen LogP contribution in [0.3, 0.4) is 0 Å². The molecule has 17 heavy (non-hydrogen) atoms. The smallest absolute Gasteiger partial charge is 0.413 e. The van der Waals surface area contributed by atoms with Crippen LogP contribution in [0, 0.1) is 5.92 Å². The second-order valence-electron chi connectivity index (χ2n) is 4.44. The van der Waals surface area contributed by atoms with Gasteiger partial charge in [0.15, 0.2) is 0 Å². The molecule has 0 radical (unpaired) electrons. The first kappa shape index (κ1) is 15.7. The lowest BCUT2D eigenvalue weighted by Crippen LogP contribution is -2.31. The number of carbonyl (C=O) groups is 2. The zero-order chi connectivity index (χ0) is 13.3. The fourth-order valence-electron chi connectivity index (χ4n) is 1.41. The summed E-state index contributed by atoms with van der Waals surface area (Å²) in [6, 6.07) is 0. The van der Waals surface area contributed by atoms with Gasteiger partial charge in [0.25, 0.3) is 0 Å². The molecule has 2 amide bonds. The minimum Gasteiger partial charge on any atom is -0.450 e. The molecular weight excluding hydrogens is 218 g/mol. The van der Waals surface area contributed by atoms with Crippen LogP contribution in [0.1, 0.15) is 47.0 Å². The van der Waals surface area contributed by atoms with E-state index in [2.05, 4.69) is 30.0 Å². The predicted octanol–water partition coefficient (Wildman–Crippen LogP) is 3.03. The number of hydrogen-bond acceptors (Lipinski definition) is 3. The molecule has 0 aromatic heterocycles. The van der Waals surface area contributed by atoms with Gasteiger partial charge in [-0.1, -0.05) is 18.6 Å². The summed E-state index contributed by atoms with van der Waals surface area (Å²) >= 11 is 0. The summed E-state index contributed by atoms with van der Waals surface area (Å²) in [5.41, 5.74) is 1.29. The van der Waals surface area contributed by atoms with Crippen molar-refractivity contribution in [3.05, 3.63) is 11.6 Å². The van der Waals surface area contributed by atoms with E-state index in [-0.39, 0.29) is 18.4 Å². The standard InChI is InChI=1S/C13H23NO3/c1-5-17-13(16)14-12(15)9-11(4)8-6-7-10(2)3/h7,11H,5-6,8-9H2,1-4H3,(H,14,15,16). The van der Waals surface area contributed by atoms with Crippen molar-refractivity contribution in [1.82, 2.24) is 5.32 Å². The Morgan fingerprint density at radius 1 is 1.35 bits per heavy atom. The molecule has 0 aromatic carbocycles. The Morgan fingerprint density at radius 2 is 2.00 bits per heavy atom. The molecule has 0 aliphatic rings. The van der Waals surface area contributed by atoms with E-state index in [4.69, 9.17) is 0 Å². The van der Waals surface area contributed by atoms with Gasteiger partial charge in [-0.2, -0.15) is 0 Å². The van der Waals surface area contributed by atoms with E-state index < -0.39 is 6.09 Å². The molecule has 0 heterocycles. The molecule has 4 heteroatoms. The summed E-state index contributed by atoms with van der Waals surface area (Å²) in [5, 5.41) is 2.20. The largest absolute Gasteiger partial charge is 0.450 e. The Bertz CT molecular complexity index is 280. The summed E-state index contributed by atoms with van der Waals surface area (Å²) in [7, 11) is 0. The summed E-state index contributed by atoms with van der Waals surface area (Å²) in [4.78, 5) is 22.4. The second kappa shape index (κ2) is 8.79. The minimum atomic E-state index is -0.658. The highest BCUT2D eigenvalue weighted by molar-refractivity contribution is 5.91. The molecule has 0 rings (SSSR count). The fourth-order valence-corrected chi connectivity index (χ4v) is 1.41. The Morgan fingerprint density at radius 3 is 2.53 bits per heavy atom. The summed E-state index contributed by atoms with van der Waals surface area (Å²) in [6.07, 6.45) is 3.77. The van der Waals surface area contributed by atoms with E-state index >= 15 is 0 Å². The molecule has 1 unspecified atom stereocenters. The molecule has 98 valence electrons. The van der Waals surface area contributed by atoms with Crippen LogP contribution < -0.4 is 5.32 Å². The van der Waals surface area contributed by atoms with Crippen molar-refractivity contribution in [3.63, 3.8) is 0 Å². The molecule has 0 saturated heterocycles. The van der Waals surface area contributed by atoms with Crippen LogP contribution in [-0.4, -0.2) is 18.6 Å². The average molecular weight is 241 g/mol. The van der Waals surface area contributed by atoms with E-state index in [0.29, 0.717) is 6.42 Å². The van der Waals surface area contributed by atoms with E-state index in [9.17, 15) is 9.59 Å². The van der Waals surface area contributed by atoms with Crippen molar-refractivity contribution in [2.24, 2.45) is 5.92 Å². The van der Waals surface area contributed by atoms with Crippen molar-refractivity contribution in [2.75, 3.05) is 6.61 Å². The molecule has 0 aromatic rings. The van der Waals surface area contributed by atoms with E-state index in [0.717, 1.165) is 12.8 Å². The van der Waals surface area contributed by atoms with Gasteiger partial charge in [0.05, 0.1) is 6.61 Å². The quantitative estimate of drug-likeness (QED) is 0.727. The first-order valence-corrected chi connectivity index (χ1v) is 6.05. The number of rotatable bonds is 6. The van der Waals surface area contributed by atoms with E-state index in [1.165, 1.54) is 5.57 Å². The molecule has 0 aliphatic carbocycles. The third-order valence-corrected chi connectivity index (χ3v) is 2.26. The summed E-state index contributed by atoms with van der Waals surface area (Å²) in [6.45, 7) is 8.08. The maximum Gasteiger partial charge on any atom is 0.413 e. The van der Waals surface area contributed by atoms with Crippen molar-refractivity contribution in [1.29, 1.82) is 0 Å². The lowest BCUT2D eigenvalue weighted by atomic mass is 10.0. The van der Waals surface area contributed by atoms with Crippen LogP contribution in [0.2, 0.25) is 0 Å². The third kappa shape index (κ3) is 9.60. The zero-order valence-electron chi connectivity index (χ0n) is 11.2. The first-order chi connectivity index (χ1) is 7.95. The predicted molar refractivity (Wildman–Crippen MR) is 67.6 cm³/mol. The summed E-state index contributed by atoms with van der Waals surface area (Å²) < 4.78 is 4.63.